The number of anilines is 1. The van der Waals surface area contributed by atoms with Crippen LogP contribution in [0.2, 0.25) is 5.02 Å². The topological polar surface area (TPSA) is 84.8 Å². The highest BCUT2D eigenvalue weighted by Crippen LogP contribution is 2.22. The van der Waals surface area contributed by atoms with Crippen LogP contribution in [0.25, 0.3) is 11.5 Å². The summed E-state index contributed by atoms with van der Waals surface area (Å²) in [5.41, 5.74) is 0.579. The van der Waals surface area contributed by atoms with Gasteiger partial charge in [-0.1, -0.05) is 17.7 Å². The fourth-order valence-corrected chi connectivity index (χ4v) is 3.58. The fraction of sp³-hybridized carbons (Fsp3) is 0. The van der Waals surface area contributed by atoms with E-state index in [-0.39, 0.29) is 10.0 Å². The minimum absolute atomic E-state index is 0.103. The molecule has 2 heterocycles. The zero-order chi connectivity index (χ0) is 15.6. The zero-order valence-corrected chi connectivity index (χ0v) is 13.4. The molecular formula is C13H9ClN4O2S2. The number of sulfonamides is 1. The van der Waals surface area contributed by atoms with E-state index in [0.29, 0.717) is 16.5 Å². The third kappa shape index (κ3) is 3.24. The predicted octanol–water partition coefficient (Wildman–Crippen LogP) is 3.05. The van der Waals surface area contributed by atoms with Crippen LogP contribution in [0, 0.1) is 0 Å². The Morgan fingerprint density at radius 3 is 2.55 bits per heavy atom. The van der Waals surface area contributed by atoms with Crippen molar-refractivity contribution in [3.63, 3.8) is 0 Å². The van der Waals surface area contributed by atoms with Crippen LogP contribution in [0.15, 0.2) is 53.6 Å². The van der Waals surface area contributed by atoms with E-state index < -0.39 is 10.0 Å². The molecule has 0 bridgehead atoms. The lowest BCUT2D eigenvalue weighted by Crippen LogP contribution is -2.12. The molecule has 9 heteroatoms. The van der Waals surface area contributed by atoms with Crippen molar-refractivity contribution in [3.05, 3.63) is 53.7 Å². The second kappa shape index (κ2) is 5.99. The maximum absolute atomic E-state index is 12.2. The molecule has 0 spiro atoms. The molecule has 6 nitrogen and oxygen atoms in total. The van der Waals surface area contributed by atoms with Crippen molar-refractivity contribution < 1.29 is 8.42 Å². The zero-order valence-electron chi connectivity index (χ0n) is 11.0. The Hall–Kier alpha value is -2.03. The molecule has 0 atom stereocenters. The first kappa shape index (κ1) is 14.9. The summed E-state index contributed by atoms with van der Waals surface area (Å²) >= 11 is 6.70. The molecule has 0 aliphatic rings. The molecule has 22 heavy (non-hydrogen) atoms. The van der Waals surface area contributed by atoms with E-state index in [1.165, 1.54) is 24.3 Å². The average molecular weight is 353 g/mol. The van der Waals surface area contributed by atoms with Gasteiger partial charge in [0.05, 0.1) is 4.90 Å². The molecule has 3 aromatic rings. The standard InChI is InChI=1S/C13H9ClN4O2S2/c14-9-4-6-10(7-5-9)22(19,20)18-13-16-12(17-21-13)11-3-1-2-8-15-11/h1-8H,(H,16,17,18). The van der Waals surface area contributed by atoms with E-state index in [4.69, 9.17) is 11.6 Å². The molecule has 0 saturated carbocycles. The Morgan fingerprint density at radius 1 is 1.09 bits per heavy atom. The first-order valence-electron chi connectivity index (χ1n) is 6.08. The van der Waals surface area contributed by atoms with Crippen molar-refractivity contribution in [3.8, 4) is 11.5 Å². The Bertz CT molecular complexity index is 880. The first-order chi connectivity index (χ1) is 10.5. The van der Waals surface area contributed by atoms with Gasteiger partial charge in [-0.3, -0.25) is 9.71 Å². The predicted molar refractivity (Wildman–Crippen MR) is 85.4 cm³/mol. The molecule has 0 unspecified atom stereocenters. The smallest absolute Gasteiger partial charge is 0.253 e. The average Bonchev–Trinajstić information content (AvgIpc) is 2.96. The lowest BCUT2D eigenvalue weighted by atomic mass is 10.3. The van der Waals surface area contributed by atoms with Gasteiger partial charge in [0.1, 0.15) is 5.69 Å². The summed E-state index contributed by atoms with van der Waals surface area (Å²) in [5, 5.41) is 0.642. The SMILES string of the molecule is O=S(=O)(Nc1nc(-c2ccccn2)ns1)c1ccc(Cl)cc1. The number of pyridine rings is 1. The quantitative estimate of drug-likeness (QED) is 0.780. The summed E-state index contributed by atoms with van der Waals surface area (Å²) in [6, 6.07) is 11.2. The van der Waals surface area contributed by atoms with Crippen molar-refractivity contribution in [2.45, 2.75) is 4.90 Å². The van der Waals surface area contributed by atoms with Crippen LogP contribution in [-0.4, -0.2) is 22.8 Å². The van der Waals surface area contributed by atoms with Crippen molar-refractivity contribution >= 4 is 38.3 Å². The van der Waals surface area contributed by atoms with Crippen LogP contribution in [0.5, 0.6) is 0 Å². The lowest BCUT2D eigenvalue weighted by molar-refractivity contribution is 0.601. The van der Waals surface area contributed by atoms with Gasteiger partial charge in [-0.05, 0) is 36.4 Å². The van der Waals surface area contributed by atoms with E-state index in [9.17, 15) is 8.42 Å². The molecule has 0 aliphatic carbocycles. The van der Waals surface area contributed by atoms with Crippen LogP contribution in [-0.2, 0) is 10.0 Å². The van der Waals surface area contributed by atoms with Gasteiger partial charge < -0.3 is 0 Å². The van der Waals surface area contributed by atoms with Gasteiger partial charge in [-0.2, -0.15) is 9.36 Å². The number of benzene rings is 1. The Balaban J connectivity index is 1.84. The highest BCUT2D eigenvalue weighted by atomic mass is 35.5. The van der Waals surface area contributed by atoms with Crippen LogP contribution in [0.3, 0.4) is 0 Å². The molecule has 2 aromatic heterocycles. The summed E-state index contributed by atoms with van der Waals surface area (Å²) < 4.78 is 30.9. The van der Waals surface area contributed by atoms with E-state index in [0.717, 1.165) is 11.5 Å². The normalized spacial score (nSPS) is 11.3. The van der Waals surface area contributed by atoms with Gasteiger partial charge in [-0.25, -0.2) is 8.42 Å². The largest absolute Gasteiger partial charge is 0.263 e. The molecule has 3 rings (SSSR count). The third-order valence-electron chi connectivity index (χ3n) is 2.67. The monoisotopic (exact) mass is 352 g/mol. The number of halogens is 1. The second-order valence-corrected chi connectivity index (χ2v) is 7.07. The molecular weight excluding hydrogens is 344 g/mol. The second-order valence-electron chi connectivity index (χ2n) is 4.20. The van der Waals surface area contributed by atoms with E-state index in [1.54, 1.807) is 24.4 Å². The van der Waals surface area contributed by atoms with E-state index in [2.05, 4.69) is 19.1 Å². The van der Waals surface area contributed by atoms with Crippen molar-refractivity contribution in [1.29, 1.82) is 0 Å². The number of hydrogen-bond acceptors (Lipinski definition) is 6. The summed E-state index contributed by atoms with van der Waals surface area (Å²) in [4.78, 5) is 8.36. The van der Waals surface area contributed by atoms with Crippen LogP contribution >= 0.6 is 23.1 Å². The first-order valence-corrected chi connectivity index (χ1v) is 8.71. The summed E-state index contributed by atoms with van der Waals surface area (Å²) in [6.45, 7) is 0. The van der Waals surface area contributed by atoms with Gasteiger partial charge in [0.2, 0.25) is 5.13 Å². The highest BCUT2D eigenvalue weighted by molar-refractivity contribution is 7.93. The number of nitrogens with zero attached hydrogens (tertiary/aromatic N) is 3. The molecule has 112 valence electrons. The maximum atomic E-state index is 12.2. The highest BCUT2D eigenvalue weighted by Gasteiger charge is 2.17. The van der Waals surface area contributed by atoms with Gasteiger partial charge in [0, 0.05) is 22.8 Å². The van der Waals surface area contributed by atoms with Crippen LogP contribution < -0.4 is 4.72 Å². The molecule has 0 radical (unpaired) electrons. The van der Waals surface area contributed by atoms with Crippen molar-refractivity contribution in [2.24, 2.45) is 0 Å². The molecule has 1 aromatic carbocycles. The Labute approximate surface area is 136 Å². The van der Waals surface area contributed by atoms with Crippen molar-refractivity contribution in [2.75, 3.05) is 4.72 Å². The molecule has 0 amide bonds. The van der Waals surface area contributed by atoms with Crippen molar-refractivity contribution in [1.82, 2.24) is 14.3 Å². The van der Waals surface area contributed by atoms with Gasteiger partial charge in [0.15, 0.2) is 5.82 Å². The lowest BCUT2D eigenvalue weighted by Gasteiger charge is -2.04. The van der Waals surface area contributed by atoms with Gasteiger partial charge >= 0.3 is 0 Å². The number of nitrogens with one attached hydrogen (secondary N) is 1. The molecule has 0 fully saturated rings. The number of aromatic nitrogens is 3. The van der Waals surface area contributed by atoms with Crippen LogP contribution in [0.4, 0.5) is 5.13 Å². The van der Waals surface area contributed by atoms with Crippen LogP contribution in [0.1, 0.15) is 0 Å². The third-order valence-corrected chi connectivity index (χ3v) is 5.03. The van der Waals surface area contributed by atoms with Gasteiger partial charge in [0.25, 0.3) is 10.0 Å². The minimum atomic E-state index is -3.72. The number of rotatable bonds is 4. The molecule has 0 aliphatic heterocycles. The summed E-state index contributed by atoms with van der Waals surface area (Å²) in [6.07, 6.45) is 1.62. The molecule has 1 N–H and O–H groups in total. The van der Waals surface area contributed by atoms with Gasteiger partial charge in [-0.15, -0.1) is 0 Å². The fourth-order valence-electron chi connectivity index (χ4n) is 1.65. The maximum Gasteiger partial charge on any atom is 0.263 e. The van der Waals surface area contributed by atoms with E-state index in [1.807, 2.05) is 0 Å². The summed E-state index contributed by atoms with van der Waals surface area (Å²) in [5.74, 6) is 0.374. The van der Waals surface area contributed by atoms with E-state index >= 15 is 0 Å². The Kier molecular flexibility index (Phi) is 4.06. The molecule has 0 saturated heterocycles. The Morgan fingerprint density at radius 2 is 1.86 bits per heavy atom. The minimum Gasteiger partial charge on any atom is -0.253 e. The summed E-state index contributed by atoms with van der Waals surface area (Å²) in [7, 11) is -3.72. The number of hydrogen-bond donors (Lipinski definition) is 1.